The van der Waals surface area contributed by atoms with Crippen molar-refractivity contribution < 1.29 is 19.0 Å². The van der Waals surface area contributed by atoms with Crippen molar-refractivity contribution in [2.45, 2.75) is 38.5 Å². The number of aliphatic hydroxyl groups is 1. The fraction of sp³-hybridized carbons (Fsp3) is 0.565. The van der Waals surface area contributed by atoms with Crippen LogP contribution >= 0.6 is 0 Å². The minimum atomic E-state index is -0.249. The predicted molar refractivity (Wildman–Crippen MR) is 109 cm³/mol. The molecule has 29 heavy (non-hydrogen) atoms. The molecule has 0 saturated carbocycles. The monoisotopic (exact) mass is 398 g/mol. The number of benzene rings is 1. The molecule has 156 valence electrons. The van der Waals surface area contributed by atoms with Gasteiger partial charge < -0.3 is 19.0 Å². The van der Waals surface area contributed by atoms with E-state index in [1.807, 2.05) is 18.4 Å². The van der Waals surface area contributed by atoms with Gasteiger partial charge in [0.1, 0.15) is 13.2 Å². The van der Waals surface area contributed by atoms with Crippen LogP contribution in [0.2, 0.25) is 0 Å². The highest BCUT2D eigenvalue weighted by Gasteiger charge is 2.41. The zero-order valence-corrected chi connectivity index (χ0v) is 16.9. The molecule has 5 rings (SSSR count). The first-order valence-electron chi connectivity index (χ1n) is 10.7. The van der Waals surface area contributed by atoms with Crippen LogP contribution < -0.4 is 9.47 Å². The zero-order chi connectivity index (χ0) is 19.7. The second-order valence-corrected chi connectivity index (χ2v) is 8.91. The van der Waals surface area contributed by atoms with E-state index in [4.69, 9.17) is 13.9 Å². The first-order valence-corrected chi connectivity index (χ1v) is 10.7. The van der Waals surface area contributed by atoms with Crippen LogP contribution in [0.15, 0.2) is 41.2 Å². The number of hydrogen-bond donors (Lipinski definition) is 1. The Morgan fingerprint density at radius 1 is 0.966 bits per heavy atom. The van der Waals surface area contributed by atoms with E-state index >= 15 is 0 Å². The lowest BCUT2D eigenvalue weighted by molar-refractivity contribution is -0.0447. The fourth-order valence-corrected chi connectivity index (χ4v) is 5.22. The number of furan rings is 1. The molecule has 2 saturated heterocycles. The molecular formula is C23H30N2O4. The summed E-state index contributed by atoms with van der Waals surface area (Å²) in [4.78, 5) is 4.92. The number of nitrogens with zero attached hydrogens (tertiary/aromatic N) is 2. The Morgan fingerprint density at radius 3 is 2.55 bits per heavy atom. The first-order chi connectivity index (χ1) is 14.2. The number of ether oxygens (including phenoxy) is 2. The molecule has 4 heterocycles. The van der Waals surface area contributed by atoms with Crippen LogP contribution in [-0.4, -0.2) is 60.4 Å². The van der Waals surface area contributed by atoms with E-state index in [0.717, 1.165) is 70.0 Å². The molecule has 1 aromatic carbocycles. The number of piperidine rings is 2. The molecule has 1 spiro atoms. The number of likely N-dealkylation sites (tertiary alicyclic amines) is 2. The summed E-state index contributed by atoms with van der Waals surface area (Å²) < 4.78 is 16.6. The van der Waals surface area contributed by atoms with Gasteiger partial charge in [0.05, 0.1) is 18.6 Å². The van der Waals surface area contributed by atoms with Crippen LogP contribution in [0.4, 0.5) is 0 Å². The van der Waals surface area contributed by atoms with Gasteiger partial charge >= 0.3 is 0 Å². The molecule has 2 aromatic rings. The second kappa shape index (κ2) is 8.01. The van der Waals surface area contributed by atoms with Gasteiger partial charge in [-0.25, -0.2) is 0 Å². The van der Waals surface area contributed by atoms with Crippen molar-refractivity contribution in [3.8, 4) is 11.5 Å². The maximum absolute atomic E-state index is 10.6. The van der Waals surface area contributed by atoms with Gasteiger partial charge in [0.15, 0.2) is 11.5 Å². The molecule has 1 aromatic heterocycles. The van der Waals surface area contributed by atoms with Crippen LogP contribution in [0.3, 0.4) is 0 Å². The molecule has 3 aliphatic rings. The van der Waals surface area contributed by atoms with Crippen LogP contribution in [0.1, 0.15) is 30.4 Å². The molecule has 6 heteroatoms. The number of rotatable bonds is 4. The van der Waals surface area contributed by atoms with E-state index in [0.29, 0.717) is 13.2 Å². The summed E-state index contributed by atoms with van der Waals surface area (Å²) in [7, 11) is 0. The number of fused-ring (bicyclic) bond motifs is 1. The highest BCUT2D eigenvalue weighted by atomic mass is 16.6. The Labute approximate surface area is 172 Å². The van der Waals surface area contributed by atoms with Gasteiger partial charge in [-0.2, -0.15) is 0 Å². The number of β-amino-alcohol motifs (C(OH)–C–C–N with tert-alkyl or cyclic N) is 1. The molecule has 1 atom stereocenters. The predicted octanol–water partition coefficient (Wildman–Crippen LogP) is 2.90. The van der Waals surface area contributed by atoms with Crippen molar-refractivity contribution in [3.05, 3.63) is 47.9 Å². The average Bonchev–Trinajstić information content (AvgIpc) is 3.22. The largest absolute Gasteiger partial charge is 0.486 e. The molecule has 0 aliphatic carbocycles. The van der Waals surface area contributed by atoms with E-state index in [-0.39, 0.29) is 11.5 Å². The molecule has 0 radical (unpaired) electrons. The third-order valence-electron chi connectivity index (χ3n) is 6.61. The van der Waals surface area contributed by atoms with Gasteiger partial charge in [-0.1, -0.05) is 6.07 Å². The summed E-state index contributed by atoms with van der Waals surface area (Å²) in [5.74, 6) is 1.67. The molecule has 3 aliphatic heterocycles. The summed E-state index contributed by atoms with van der Waals surface area (Å²) in [6.45, 7) is 6.98. The Morgan fingerprint density at radius 2 is 1.76 bits per heavy atom. The van der Waals surface area contributed by atoms with E-state index in [9.17, 15) is 5.11 Å². The van der Waals surface area contributed by atoms with Crippen molar-refractivity contribution in [3.63, 3.8) is 0 Å². The summed E-state index contributed by atoms with van der Waals surface area (Å²) in [6, 6.07) is 8.27. The van der Waals surface area contributed by atoms with E-state index in [1.54, 1.807) is 6.26 Å². The smallest absolute Gasteiger partial charge is 0.161 e. The lowest BCUT2D eigenvalue weighted by atomic mass is 9.71. The minimum Gasteiger partial charge on any atom is -0.486 e. The lowest BCUT2D eigenvalue weighted by Crippen LogP contribution is -2.53. The van der Waals surface area contributed by atoms with Gasteiger partial charge in [-0.15, -0.1) is 0 Å². The van der Waals surface area contributed by atoms with Crippen molar-refractivity contribution in [2.75, 3.05) is 39.4 Å². The first kappa shape index (κ1) is 19.0. The third-order valence-corrected chi connectivity index (χ3v) is 6.61. The Balaban J connectivity index is 1.22. The van der Waals surface area contributed by atoms with Crippen molar-refractivity contribution >= 4 is 0 Å². The Bertz CT molecular complexity index is 814. The van der Waals surface area contributed by atoms with E-state index in [2.05, 4.69) is 21.9 Å². The second-order valence-electron chi connectivity index (χ2n) is 8.91. The van der Waals surface area contributed by atoms with Crippen molar-refractivity contribution in [1.29, 1.82) is 0 Å². The molecule has 1 unspecified atom stereocenters. The Hall–Kier alpha value is -2.02. The zero-order valence-electron chi connectivity index (χ0n) is 16.9. The SMILES string of the molecule is OC1CN(Cc2ccc3c(c2)OCCO3)CC2(CCN(Cc3ccoc3)CC2)C1. The molecule has 2 fully saturated rings. The maximum Gasteiger partial charge on any atom is 0.161 e. The third kappa shape index (κ3) is 4.29. The van der Waals surface area contributed by atoms with Gasteiger partial charge in [0.2, 0.25) is 0 Å². The Kier molecular flexibility index (Phi) is 5.24. The van der Waals surface area contributed by atoms with Crippen LogP contribution in [0.25, 0.3) is 0 Å². The topological polar surface area (TPSA) is 58.3 Å². The van der Waals surface area contributed by atoms with Gasteiger partial charge in [-0.05, 0) is 61.5 Å². The number of aliphatic hydroxyl groups excluding tert-OH is 1. The van der Waals surface area contributed by atoms with Gasteiger partial charge in [0.25, 0.3) is 0 Å². The quantitative estimate of drug-likeness (QED) is 0.855. The standard InChI is InChI=1S/C23H30N2O4/c26-20-12-23(4-6-24(7-5-23)14-19-3-8-27-16-19)17-25(15-20)13-18-1-2-21-22(11-18)29-10-9-28-21/h1-3,8,11,16,20,26H,4-7,9-10,12-15,17H2. The lowest BCUT2D eigenvalue weighted by Gasteiger charge is -2.49. The molecule has 0 bridgehead atoms. The molecule has 1 N–H and O–H groups in total. The van der Waals surface area contributed by atoms with Crippen molar-refractivity contribution in [2.24, 2.45) is 5.41 Å². The van der Waals surface area contributed by atoms with Gasteiger partial charge in [-0.3, -0.25) is 9.80 Å². The maximum atomic E-state index is 10.6. The summed E-state index contributed by atoms with van der Waals surface area (Å²) >= 11 is 0. The van der Waals surface area contributed by atoms with Crippen LogP contribution in [0, 0.1) is 5.41 Å². The fourth-order valence-electron chi connectivity index (χ4n) is 5.22. The van der Waals surface area contributed by atoms with Crippen LogP contribution in [0.5, 0.6) is 11.5 Å². The number of hydrogen-bond acceptors (Lipinski definition) is 6. The van der Waals surface area contributed by atoms with Crippen molar-refractivity contribution in [1.82, 2.24) is 9.80 Å². The normalized spacial score (nSPS) is 24.7. The highest BCUT2D eigenvalue weighted by Crippen LogP contribution is 2.41. The average molecular weight is 399 g/mol. The molecule has 6 nitrogen and oxygen atoms in total. The summed E-state index contributed by atoms with van der Waals surface area (Å²) in [6.07, 6.45) is 6.53. The molecule has 0 amide bonds. The van der Waals surface area contributed by atoms with E-state index < -0.39 is 0 Å². The minimum absolute atomic E-state index is 0.221. The summed E-state index contributed by atoms with van der Waals surface area (Å²) in [5.41, 5.74) is 2.68. The molecular weight excluding hydrogens is 368 g/mol. The highest BCUT2D eigenvalue weighted by molar-refractivity contribution is 5.43. The van der Waals surface area contributed by atoms with E-state index in [1.165, 1.54) is 11.1 Å². The summed E-state index contributed by atoms with van der Waals surface area (Å²) in [5, 5.41) is 10.6. The van der Waals surface area contributed by atoms with Crippen LogP contribution in [-0.2, 0) is 13.1 Å². The van der Waals surface area contributed by atoms with Gasteiger partial charge in [0, 0.05) is 31.7 Å².